The molecule has 0 aliphatic carbocycles. The third-order valence-electron chi connectivity index (χ3n) is 5.39. The molecule has 0 spiro atoms. The van der Waals surface area contributed by atoms with Crippen molar-refractivity contribution in [2.24, 2.45) is 5.73 Å². The van der Waals surface area contributed by atoms with E-state index in [-0.39, 0.29) is 31.5 Å². The van der Waals surface area contributed by atoms with E-state index in [0.29, 0.717) is 35.8 Å². The maximum Gasteiger partial charge on any atom is 0.253 e. The van der Waals surface area contributed by atoms with Crippen LogP contribution in [-0.4, -0.2) is 74.8 Å². The summed E-state index contributed by atoms with van der Waals surface area (Å²) < 4.78 is 10.3. The van der Waals surface area contributed by atoms with Gasteiger partial charge in [0.15, 0.2) is 0 Å². The summed E-state index contributed by atoms with van der Waals surface area (Å²) in [5.74, 6) is -1.51. The molecule has 1 aliphatic heterocycles. The third kappa shape index (κ3) is 6.85. The van der Waals surface area contributed by atoms with Crippen LogP contribution < -0.4 is 20.9 Å². The van der Waals surface area contributed by atoms with Gasteiger partial charge in [0.2, 0.25) is 5.91 Å². The molecule has 1 fully saturated rings. The number of amidine groups is 1. The fraction of sp³-hybridized carbons (Fsp3) is 0.333. The van der Waals surface area contributed by atoms with Gasteiger partial charge >= 0.3 is 0 Å². The lowest BCUT2D eigenvalue weighted by Gasteiger charge is -2.29. The van der Waals surface area contributed by atoms with Crippen LogP contribution in [0.15, 0.2) is 48.5 Å². The van der Waals surface area contributed by atoms with Gasteiger partial charge in [-0.25, -0.2) is 0 Å². The fourth-order valence-electron chi connectivity index (χ4n) is 3.53. The second kappa shape index (κ2) is 12.1. The number of hydrogen-bond donors (Lipinski definition) is 4. The number of nitrogens with zero attached hydrogens (tertiary/aromatic N) is 2. The van der Waals surface area contributed by atoms with E-state index < -0.39 is 24.3 Å². The molecule has 3 amide bonds. The minimum absolute atomic E-state index is 0.00463. The van der Waals surface area contributed by atoms with E-state index >= 15 is 0 Å². The van der Waals surface area contributed by atoms with Crippen molar-refractivity contribution >= 4 is 40.6 Å². The lowest BCUT2D eigenvalue weighted by Crippen LogP contribution is -2.42. The predicted molar refractivity (Wildman–Crippen MR) is 131 cm³/mol. The van der Waals surface area contributed by atoms with Crippen molar-refractivity contribution in [3.63, 3.8) is 0 Å². The van der Waals surface area contributed by atoms with Gasteiger partial charge in [0.25, 0.3) is 11.8 Å². The van der Waals surface area contributed by atoms with E-state index in [1.807, 2.05) is 0 Å². The molecule has 0 bridgehead atoms. The number of aliphatic hydroxyl groups is 1. The van der Waals surface area contributed by atoms with Gasteiger partial charge in [-0.2, -0.15) is 0 Å². The zero-order valence-corrected chi connectivity index (χ0v) is 19.4. The molecule has 1 aliphatic rings. The van der Waals surface area contributed by atoms with Crippen molar-refractivity contribution in [3.05, 3.63) is 54.1 Å². The zero-order chi connectivity index (χ0) is 25.4. The Bertz CT molecular complexity index is 1070. The molecule has 0 saturated carbocycles. The number of methoxy groups -OCH3 is 1. The van der Waals surface area contributed by atoms with Gasteiger partial charge in [-0.15, -0.1) is 0 Å². The van der Waals surface area contributed by atoms with Crippen LogP contribution in [0.25, 0.3) is 0 Å². The number of hydrogen-bond acceptors (Lipinski definition) is 7. The quantitative estimate of drug-likeness (QED) is 0.286. The highest BCUT2D eigenvalue weighted by atomic mass is 16.5. The molecule has 0 radical (unpaired) electrons. The Hall–Kier alpha value is -3.80. The minimum atomic E-state index is -1.59. The Morgan fingerprint density at radius 1 is 1.29 bits per heavy atom. The normalized spacial score (nSPS) is 14.3. The summed E-state index contributed by atoms with van der Waals surface area (Å²) in [6.45, 7) is 1.24. The van der Waals surface area contributed by atoms with Crippen molar-refractivity contribution in [1.82, 2.24) is 0 Å². The van der Waals surface area contributed by atoms with Crippen molar-refractivity contribution in [1.29, 1.82) is 5.41 Å². The summed E-state index contributed by atoms with van der Waals surface area (Å²) in [5, 5.41) is 20.3. The highest BCUT2D eigenvalue weighted by molar-refractivity contribution is 6.02. The largest absolute Gasteiger partial charge is 0.384 e. The number of nitrogen functional groups attached to an aromatic ring is 1. The molecule has 186 valence electrons. The average Bonchev–Trinajstić information content (AvgIpc) is 2.85. The second-order valence-corrected chi connectivity index (χ2v) is 7.86. The highest BCUT2D eigenvalue weighted by Crippen LogP contribution is 2.25. The molecule has 2 aromatic carbocycles. The summed E-state index contributed by atoms with van der Waals surface area (Å²) >= 11 is 0. The number of aliphatic hydroxyl groups excluding tert-OH is 1. The molecule has 1 heterocycles. The molecule has 1 atom stereocenters. The van der Waals surface area contributed by atoms with Crippen LogP contribution in [0.2, 0.25) is 0 Å². The van der Waals surface area contributed by atoms with Gasteiger partial charge in [-0.1, -0.05) is 6.07 Å². The van der Waals surface area contributed by atoms with Crippen molar-refractivity contribution in [3.8, 4) is 0 Å². The summed E-state index contributed by atoms with van der Waals surface area (Å²) in [4.78, 5) is 40.7. The van der Waals surface area contributed by atoms with Crippen LogP contribution >= 0.6 is 0 Å². The monoisotopic (exact) mass is 483 g/mol. The van der Waals surface area contributed by atoms with Crippen LogP contribution in [0.4, 0.5) is 17.1 Å². The van der Waals surface area contributed by atoms with E-state index in [4.69, 9.17) is 20.6 Å². The fourth-order valence-corrected chi connectivity index (χ4v) is 3.53. The number of nitrogens with two attached hydrogens (primary N) is 1. The third-order valence-corrected chi connectivity index (χ3v) is 5.39. The first-order chi connectivity index (χ1) is 16.8. The Balaban J connectivity index is 1.70. The summed E-state index contributed by atoms with van der Waals surface area (Å²) in [5.41, 5.74) is 7.44. The van der Waals surface area contributed by atoms with Gasteiger partial charge in [0.1, 0.15) is 18.5 Å². The molecule has 0 aromatic heterocycles. The summed E-state index contributed by atoms with van der Waals surface area (Å²) in [6, 6.07) is 13.1. The maximum absolute atomic E-state index is 13.1. The summed E-state index contributed by atoms with van der Waals surface area (Å²) in [7, 11) is 1.51. The molecule has 2 aromatic rings. The van der Waals surface area contributed by atoms with Gasteiger partial charge in [-0.05, 0) is 42.5 Å². The summed E-state index contributed by atoms with van der Waals surface area (Å²) in [6.07, 6.45) is -2.05. The molecule has 5 N–H and O–H groups in total. The van der Waals surface area contributed by atoms with Crippen LogP contribution in [0.1, 0.15) is 12.0 Å². The smallest absolute Gasteiger partial charge is 0.253 e. The number of carbonyl (C=O) groups excluding carboxylic acids is 3. The molecule has 1 saturated heterocycles. The van der Waals surface area contributed by atoms with Crippen LogP contribution in [-0.2, 0) is 23.9 Å². The zero-order valence-electron chi connectivity index (χ0n) is 19.4. The van der Waals surface area contributed by atoms with Gasteiger partial charge in [-0.3, -0.25) is 19.8 Å². The topological polar surface area (TPSA) is 158 Å². The van der Waals surface area contributed by atoms with Crippen molar-refractivity contribution in [2.45, 2.75) is 12.5 Å². The van der Waals surface area contributed by atoms with Crippen LogP contribution in [0.3, 0.4) is 0 Å². The van der Waals surface area contributed by atoms with Gasteiger partial charge < -0.3 is 35.4 Å². The lowest BCUT2D eigenvalue weighted by atomic mass is 10.1. The number of carbonyl (C=O) groups is 3. The molecule has 11 heteroatoms. The lowest BCUT2D eigenvalue weighted by molar-refractivity contribution is -0.130. The molecular weight excluding hydrogens is 454 g/mol. The highest BCUT2D eigenvalue weighted by Gasteiger charge is 2.25. The van der Waals surface area contributed by atoms with Gasteiger partial charge in [0.05, 0.1) is 19.6 Å². The molecule has 1 unspecified atom stereocenters. The Morgan fingerprint density at radius 2 is 2.03 bits per heavy atom. The van der Waals surface area contributed by atoms with Gasteiger partial charge in [0, 0.05) is 42.8 Å². The second-order valence-electron chi connectivity index (χ2n) is 7.86. The maximum atomic E-state index is 13.1. The number of amides is 3. The molecule has 35 heavy (non-hydrogen) atoms. The van der Waals surface area contributed by atoms with E-state index in [2.05, 4.69) is 5.32 Å². The first-order valence-electron chi connectivity index (χ1n) is 11.0. The van der Waals surface area contributed by atoms with Crippen LogP contribution in [0.5, 0.6) is 0 Å². The Labute approximate surface area is 202 Å². The van der Waals surface area contributed by atoms with Crippen molar-refractivity contribution in [2.75, 3.05) is 55.1 Å². The number of nitrogens with one attached hydrogen (secondary N) is 2. The Kier molecular flexibility index (Phi) is 8.90. The average molecular weight is 484 g/mol. The first kappa shape index (κ1) is 25.8. The Morgan fingerprint density at radius 3 is 2.69 bits per heavy atom. The molecule has 3 rings (SSSR count). The van der Waals surface area contributed by atoms with Crippen LogP contribution in [0, 0.1) is 5.41 Å². The first-order valence-corrected chi connectivity index (χ1v) is 11.0. The number of morpholine rings is 1. The SMILES string of the molecule is COCCN(C(=O)CC(O)C(=O)Nc1ccc(C(=N)N)cc1)c1cccc(N2CCOCC2=O)c1. The predicted octanol–water partition coefficient (Wildman–Crippen LogP) is 0.703. The molecule has 11 nitrogen and oxygen atoms in total. The van der Waals surface area contributed by atoms with Crippen molar-refractivity contribution < 1.29 is 29.0 Å². The van der Waals surface area contributed by atoms with E-state index in [1.165, 1.54) is 12.0 Å². The minimum Gasteiger partial charge on any atom is -0.384 e. The number of benzene rings is 2. The molecular formula is C24H29N5O6. The number of rotatable bonds is 10. The number of ether oxygens (including phenoxy) is 2. The van der Waals surface area contributed by atoms with E-state index in [9.17, 15) is 19.5 Å². The van der Waals surface area contributed by atoms with E-state index in [1.54, 1.807) is 53.4 Å². The number of anilines is 3. The van der Waals surface area contributed by atoms with E-state index in [0.717, 1.165) is 0 Å². The standard InChI is InChI=1S/C24H29N5O6/c1-34-11-9-28(18-3-2-4-19(13-18)29-10-12-35-15-22(29)32)21(31)14-20(30)24(33)27-17-7-5-16(6-8-17)23(25)26/h2-8,13,20,30H,9-12,14-15H2,1H3,(H3,25,26)(H,27,33).